The van der Waals surface area contributed by atoms with Crippen LogP contribution in [0.1, 0.15) is 39.8 Å². The fourth-order valence-corrected chi connectivity index (χ4v) is 5.60. The van der Waals surface area contributed by atoms with Crippen LogP contribution in [0.2, 0.25) is 0 Å². The Morgan fingerprint density at radius 2 is 1.73 bits per heavy atom. The lowest BCUT2D eigenvalue weighted by molar-refractivity contribution is 0.0929. The third-order valence-corrected chi connectivity index (χ3v) is 6.96. The van der Waals surface area contributed by atoms with Gasteiger partial charge in [0.25, 0.3) is 5.91 Å². The molecule has 0 spiro atoms. The Bertz CT molecular complexity index is 472. The number of nitrogens with one attached hydrogen (secondary N) is 2. The quantitative estimate of drug-likeness (QED) is 0.868. The molecular formula is C16H23ClN2OS2. The number of halogens is 1. The van der Waals surface area contributed by atoms with Crippen molar-refractivity contribution in [2.75, 3.05) is 24.6 Å². The molecule has 0 radical (unpaired) electrons. The number of carbonyl (C=O) groups is 1. The van der Waals surface area contributed by atoms with Crippen molar-refractivity contribution in [3.8, 4) is 0 Å². The summed E-state index contributed by atoms with van der Waals surface area (Å²) in [6.45, 7) is 2.00. The average Bonchev–Trinajstić information content (AvgIpc) is 2.57. The van der Waals surface area contributed by atoms with Crippen LogP contribution in [-0.4, -0.2) is 36.5 Å². The van der Waals surface area contributed by atoms with Crippen LogP contribution in [0.3, 0.4) is 0 Å². The molecule has 22 heavy (non-hydrogen) atoms. The van der Waals surface area contributed by atoms with E-state index in [-0.39, 0.29) is 18.3 Å². The second-order valence-corrected chi connectivity index (χ2v) is 8.27. The first-order valence-corrected chi connectivity index (χ1v) is 9.77. The van der Waals surface area contributed by atoms with Gasteiger partial charge in [-0.25, -0.2) is 0 Å². The van der Waals surface area contributed by atoms with Gasteiger partial charge < -0.3 is 10.6 Å². The molecule has 0 unspecified atom stereocenters. The summed E-state index contributed by atoms with van der Waals surface area (Å²) < 4.78 is 0.542. The van der Waals surface area contributed by atoms with Crippen LogP contribution in [0.25, 0.3) is 0 Å². The molecule has 6 heteroatoms. The number of hydrogen-bond acceptors (Lipinski definition) is 4. The van der Waals surface area contributed by atoms with Crippen molar-refractivity contribution in [2.24, 2.45) is 0 Å². The van der Waals surface area contributed by atoms with Crippen LogP contribution in [0.5, 0.6) is 0 Å². The van der Waals surface area contributed by atoms with Crippen molar-refractivity contribution in [1.29, 1.82) is 0 Å². The summed E-state index contributed by atoms with van der Waals surface area (Å²) in [4.78, 5) is 12.3. The number of benzene rings is 1. The highest BCUT2D eigenvalue weighted by atomic mass is 35.5. The minimum absolute atomic E-state index is 0. The lowest BCUT2D eigenvalue weighted by Gasteiger charge is -2.24. The second-order valence-electron chi connectivity index (χ2n) is 5.55. The zero-order chi connectivity index (χ0) is 14.5. The summed E-state index contributed by atoms with van der Waals surface area (Å²) in [7, 11) is 0. The molecule has 2 aliphatic heterocycles. The number of amides is 1. The van der Waals surface area contributed by atoms with E-state index >= 15 is 0 Å². The van der Waals surface area contributed by atoms with E-state index in [1.54, 1.807) is 0 Å². The molecule has 2 N–H and O–H groups in total. The molecule has 3 nitrogen and oxygen atoms in total. The highest BCUT2D eigenvalue weighted by molar-refractivity contribution is 8.16. The third kappa shape index (κ3) is 4.82. The Morgan fingerprint density at radius 1 is 1.09 bits per heavy atom. The normalized spacial score (nSPS) is 20.2. The molecule has 2 aliphatic rings. The summed E-state index contributed by atoms with van der Waals surface area (Å²) in [6, 6.07) is 8.51. The van der Waals surface area contributed by atoms with Gasteiger partial charge in [0.2, 0.25) is 0 Å². The van der Waals surface area contributed by atoms with Crippen LogP contribution in [0, 0.1) is 0 Å². The molecule has 2 fully saturated rings. The zero-order valence-corrected chi connectivity index (χ0v) is 15.0. The van der Waals surface area contributed by atoms with Gasteiger partial charge in [0.15, 0.2) is 0 Å². The number of piperidine rings is 1. The van der Waals surface area contributed by atoms with E-state index in [2.05, 4.69) is 22.8 Å². The molecule has 1 aromatic rings. The van der Waals surface area contributed by atoms with Gasteiger partial charge in [-0.15, -0.1) is 35.9 Å². The molecule has 0 bridgehead atoms. The van der Waals surface area contributed by atoms with Crippen molar-refractivity contribution in [3.63, 3.8) is 0 Å². The number of rotatable bonds is 3. The highest BCUT2D eigenvalue weighted by Gasteiger charge is 2.18. The third-order valence-electron chi connectivity index (χ3n) is 3.95. The van der Waals surface area contributed by atoms with E-state index in [0.717, 1.165) is 31.5 Å². The summed E-state index contributed by atoms with van der Waals surface area (Å²) in [5.74, 6) is 2.56. The van der Waals surface area contributed by atoms with E-state index in [4.69, 9.17) is 0 Å². The van der Waals surface area contributed by atoms with Crippen molar-refractivity contribution >= 4 is 41.8 Å². The molecule has 2 heterocycles. The topological polar surface area (TPSA) is 41.1 Å². The predicted molar refractivity (Wildman–Crippen MR) is 99.3 cm³/mol. The van der Waals surface area contributed by atoms with Gasteiger partial charge in [-0.05, 0) is 61.6 Å². The smallest absolute Gasteiger partial charge is 0.251 e. The number of thioether (sulfide) groups is 2. The van der Waals surface area contributed by atoms with Gasteiger partial charge in [-0.2, -0.15) is 0 Å². The molecule has 0 aromatic heterocycles. The monoisotopic (exact) mass is 358 g/mol. The van der Waals surface area contributed by atoms with Crippen LogP contribution in [0.15, 0.2) is 24.3 Å². The van der Waals surface area contributed by atoms with Crippen LogP contribution in [0.4, 0.5) is 0 Å². The maximum absolute atomic E-state index is 12.3. The molecule has 0 saturated carbocycles. The van der Waals surface area contributed by atoms with Gasteiger partial charge in [0.05, 0.1) is 4.58 Å². The first kappa shape index (κ1) is 18.0. The SMILES string of the molecule is Cl.O=C(NC1CCNCC1)c1ccc(C2SCCCS2)cc1. The molecule has 122 valence electrons. The van der Waals surface area contributed by atoms with Crippen LogP contribution < -0.4 is 10.6 Å². The van der Waals surface area contributed by atoms with E-state index in [9.17, 15) is 4.79 Å². The highest BCUT2D eigenvalue weighted by Crippen LogP contribution is 2.43. The molecule has 1 amide bonds. The van der Waals surface area contributed by atoms with Gasteiger partial charge in [-0.3, -0.25) is 4.79 Å². The summed E-state index contributed by atoms with van der Waals surface area (Å²) in [5.41, 5.74) is 2.12. The van der Waals surface area contributed by atoms with Crippen LogP contribution in [-0.2, 0) is 0 Å². The van der Waals surface area contributed by atoms with E-state index < -0.39 is 0 Å². The van der Waals surface area contributed by atoms with Gasteiger partial charge in [0.1, 0.15) is 0 Å². The summed E-state index contributed by atoms with van der Waals surface area (Å²) >= 11 is 4.03. The predicted octanol–water partition coefficient (Wildman–Crippen LogP) is 3.46. The van der Waals surface area contributed by atoms with E-state index in [0.29, 0.717) is 10.6 Å². The van der Waals surface area contributed by atoms with Crippen molar-refractivity contribution in [3.05, 3.63) is 35.4 Å². The lowest BCUT2D eigenvalue weighted by atomic mass is 10.1. The average molecular weight is 359 g/mol. The van der Waals surface area contributed by atoms with Crippen LogP contribution >= 0.6 is 35.9 Å². The first-order valence-electron chi connectivity index (χ1n) is 7.68. The lowest BCUT2D eigenvalue weighted by Crippen LogP contribution is -2.42. The molecule has 1 aromatic carbocycles. The van der Waals surface area contributed by atoms with Crippen molar-refractivity contribution < 1.29 is 4.79 Å². The van der Waals surface area contributed by atoms with Crippen molar-refractivity contribution in [1.82, 2.24) is 10.6 Å². The Morgan fingerprint density at radius 3 is 2.36 bits per heavy atom. The standard InChI is InChI=1S/C16H22N2OS2.ClH/c19-15(18-14-6-8-17-9-7-14)12-2-4-13(5-3-12)16-20-10-1-11-21-16;/h2-5,14,16-17H,1,6-11H2,(H,18,19);1H. The molecule has 3 rings (SSSR count). The minimum atomic E-state index is 0. The van der Waals surface area contributed by atoms with E-state index in [1.165, 1.54) is 23.5 Å². The fraction of sp³-hybridized carbons (Fsp3) is 0.562. The van der Waals surface area contributed by atoms with E-state index in [1.807, 2.05) is 35.7 Å². The number of carbonyl (C=O) groups excluding carboxylic acids is 1. The molecule has 0 atom stereocenters. The summed E-state index contributed by atoms with van der Waals surface area (Å²) in [5, 5.41) is 6.46. The fourth-order valence-electron chi connectivity index (χ4n) is 2.71. The number of hydrogen-bond donors (Lipinski definition) is 2. The molecular weight excluding hydrogens is 336 g/mol. The Balaban J connectivity index is 0.00000176. The Hall–Kier alpha value is -0.360. The molecule has 2 saturated heterocycles. The Labute approximate surface area is 147 Å². The van der Waals surface area contributed by atoms with Gasteiger partial charge in [0, 0.05) is 11.6 Å². The first-order chi connectivity index (χ1) is 10.3. The zero-order valence-electron chi connectivity index (χ0n) is 12.5. The second kappa shape index (κ2) is 9.06. The Kier molecular flexibility index (Phi) is 7.41. The maximum atomic E-state index is 12.3. The molecule has 0 aliphatic carbocycles. The van der Waals surface area contributed by atoms with Crippen molar-refractivity contribution in [2.45, 2.75) is 29.9 Å². The summed E-state index contributed by atoms with van der Waals surface area (Å²) in [6.07, 6.45) is 3.36. The largest absolute Gasteiger partial charge is 0.349 e. The minimum Gasteiger partial charge on any atom is -0.349 e. The van der Waals surface area contributed by atoms with Gasteiger partial charge in [-0.1, -0.05) is 12.1 Å². The van der Waals surface area contributed by atoms with Gasteiger partial charge >= 0.3 is 0 Å². The maximum Gasteiger partial charge on any atom is 0.251 e.